The molecule has 1 aliphatic rings. The van der Waals surface area contributed by atoms with Crippen LogP contribution in [-0.4, -0.2) is 38.9 Å². The molecule has 1 heterocycles. The molecule has 3 nitrogen and oxygen atoms in total. The Hall–Kier alpha value is -0.120. The van der Waals surface area contributed by atoms with E-state index in [1.54, 1.807) is 0 Å². The van der Waals surface area contributed by atoms with Crippen molar-refractivity contribution in [2.45, 2.75) is 32.8 Å². The van der Waals surface area contributed by atoms with Crippen molar-refractivity contribution in [2.75, 3.05) is 32.8 Å². The first-order chi connectivity index (χ1) is 6.88. The van der Waals surface area contributed by atoms with Crippen molar-refractivity contribution in [3.63, 3.8) is 0 Å². The second-order valence-electron chi connectivity index (χ2n) is 3.92. The highest BCUT2D eigenvalue weighted by molar-refractivity contribution is 4.76. The maximum Gasteiger partial charge on any atom is 0.0613 e. The Labute approximate surface area is 87.6 Å². The van der Waals surface area contributed by atoms with Crippen LogP contribution < -0.4 is 10.6 Å². The van der Waals surface area contributed by atoms with Gasteiger partial charge >= 0.3 is 0 Å². The molecule has 2 N–H and O–H groups in total. The Kier molecular flexibility index (Phi) is 6.15. The molecule has 0 spiro atoms. The molecule has 0 radical (unpaired) electrons. The molecule has 84 valence electrons. The standard InChI is InChI=1S/C11H24N2O/c1-3-11-10(5-8-14-11)9-13-7-6-12-4-2/h10-13H,3-9H2,1-2H3. The average Bonchev–Trinajstić information content (AvgIpc) is 2.65. The smallest absolute Gasteiger partial charge is 0.0613 e. The van der Waals surface area contributed by atoms with Crippen LogP contribution >= 0.6 is 0 Å². The lowest BCUT2D eigenvalue weighted by molar-refractivity contribution is 0.0873. The number of hydrogen-bond acceptors (Lipinski definition) is 3. The Balaban J connectivity index is 2.00. The average molecular weight is 200 g/mol. The van der Waals surface area contributed by atoms with Gasteiger partial charge in [0, 0.05) is 26.2 Å². The minimum atomic E-state index is 0.502. The summed E-state index contributed by atoms with van der Waals surface area (Å²) < 4.78 is 5.64. The normalized spacial score (nSPS) is 27.0. The summed E-state index contributed by atoms with van der Waals surface area (Å²) in [6, 6.07) is 0. The molecule has 1 fully saturated rings. The Morgan fingerprint density at radius 3 is 2.71 bits per heavy atom. The van der Waals surface area contributed by atoms with Crippen LogP contribution in [0.15, 0.2) is 0 Å². The van der Waals surface area contributed by atoms with Crippen LogP contribution in [0.2, 0.25) is 0 Å². The molecule has 2 unspecified atom stereocenters. The topological polar surface area (TPSA) is 33.3 Å². The molecular formula is C11H24N2O. The minimum Gasteiger partial charge on any atom is -0.378 e. The van der Waals surface area contributed by atoms with Gasteiger partial charge in [-0.2, -0.15) is 0 Å². The van der Waals surface area contributed by atoms with E-state index in [1.807, 2.05) is 0 Å². The van der Waals surface area contributed by atoms with E-state index < -0.39 is 0 Å². The molecule has 1 rings (SSSR count). The fourth-order valence-electron chi connectivity index (χ4n) is 2.02. The first kappa shape index (κ1) is 12.0. The van der Waals surface area contributed by atoms with Crippen molar-refractivity contribution < 1.29 is 4.74 Å². The fourth-order valence-corrected chi connectivity index (χ4v) is 2.02. The molecule has 0 aromatic heterocycles. The predicted molar refractivity (Wildman–Crippen MR) is 59.6 cm³/mol. The number of rotatable bonds is 7. The van der Waals surface area contributed by atoms with Crippen molar-refractivity contribution >= 4 is 0 Å². The van der Waals surface area contributed by atoms with Gasteiger partial charge in [0.1, 0.15) is 0 Å². The Bertz CT molecular complexity index is 141. The van der Waals surface area contributed by atoms with Crippen LogP contribution in [0.3, 0.4) is 0 Å². The van der Waals surface area contributed by atoms with Crippen LogP contribution in [-0.2, 0) is 4.74 Å². The lowest BCUT2D eigenvalue weighted by atomic mass is 10.00. The summed E-state index contributed by atoms with van der Waals surface area (Å²) in [5.41, 5.74) is 0. The lowest BCUT2D eigenvalue weighted by Gasteiger charge is -2.17. The highest BCUT2D eigenvalue weighted by Crippen LogP contribution is 2.22. The van der Waals surface area contributed by atoms with Gasteiger partial charge in [0.25, 0.3) is 0 Å². The van der Waals surface area contributed by atoms with E-state index in [4.69, 9.17) is 4.74 Å². The second-order valence-corrected chi connectivity index (χ2v) is 3.92. The third kappa shape index (κ3) is 3.95. The fraction of sp³-hybridized carbons (Fsp3) is 1.00. The third-order valence-electron chi connectivity index (χ3n) is 2.88. The number of ether oxygens (including phenoxy) is 1. The van der Waals surface area contributed by atoms with Crippen molar-refractivity contribution in [3.05, 3.63) is 0 Å². The third-order valence-corrected chi connectivity index (χ3v) is 2.88. The Morgan fingerprint density at radius 1 is 1.21 bits per heavy atom. The van der Waals surface area contributed by atoms with Gasteiger partial charge in [-0.05, 0) is 25.3 Å². The molecule has 0 aromatic carbocycles. The molecule has 0 aliphatic carbocycles. The molecule has 0 amide bonds. The van der Waals surface area contributed by atoms with Crippen molar-refractivity contribution in [3.8, 4) is 0 Å². The van der Waals surface area contributed by atoms with Gasteiger partial charge in [0.2, 0.25) is 0 Å². The largest absolute Gasteiger partial charge is 0.378 e. The van der Waals surface area contributed by atoms with Gasteiger partial charge < -0.3 is 15.4 Å². The molecule has 2 atom stereocenters. The van der Waals surface area contributed by atoms with Crippen LogP contribution in [0.4, 0.5) is 0 Å². The first-order valence-electron chi connectivity index (χ1n) is 5.91. The second kappa shape index (κ2) is 7.21. The van der Waals surface area contributed by atoms with Crippen LogP contribution in [0.5, 0.6) is 0 Å². The van der Waals surface area contributed by atoms with Crippen molar-refractivity contribution in [1.29, 1.82) is 0 Å². The summed E-state index contributed by atoms with van der Waals surface area (Å²) in [4.78, 5) is 0. The zero-order chi connectivity index (χ0) is 10.2. The summed E-state index contributed by atoms with van der Waals surface area (Å²) in [5, 5.41) is 6.79. The molecule has 3 heteroatoms. The van der Waals surface area contributed by atoms with Gasteiger partial charge in [0.05, 0.1) is 6.10 Å². The summed E-state index contributed by atoms with van der Waals surface area (Å²) in [6.07, 6.45) is 2.88. The maximum atomic E-state index is 5.64. The predicted octanol–water partition coefficient (Wildman–Crippen LogP) is 1.00. The summed E-state index contributed by atoms with van der Waals surface area (Å²) in [5.74, 6) is 0.738. The van der Waals surface area contributed by atoms with E-state index in [-0.39, 0.29) is 0 Å². The van der Waals surface area contributed by atoms with E-state index in [2.05, 4.69) is 24.5 Å². The number of hydrogen-bond donors (Lipinski definition) is 2. The van der Waals surface area contributed by atoms with Crippen molar-refractivity contribution in [2.24, 2.45) is 5.92 Å². The summed E-state index contributed by atoms with van der Waals surface area (Å²) in [7, 11) is 0. The molecule has 1 aliphatic heterocycles. The van der Waals surface area contributed by atoms with Crippen LogP contribution in [0.25, 0.3) is 0 Å². The van der Waals surface area contributed by atoms with E-state index in [9.17, 15) is 0 Å². The molecule has 0 saturated carbocycles. The number of nitrogens with one attached hydrogen (secondary N) is 2. The van der Waals surface area contributed by atoms with Crippen LogP contribution in [0, 0.1) is 5.92 Å². The molecule has 0 bridgehead atoms. The highest BCUT2D eigenvalue weighted by Gasteiger charge is 2.25. The van der Waals surface area contributed by atoms with E-state index in [0.29, 0.717) is 6.10 Å². The summed E-state index contributed by atoms with van der Waals surface area (Å²) in [6.45, 7) is 9.62. The van der Waals surface area contributed by atoms with Gasteiger partial charge in [-0.25, -0.2) is 0 Å². The SMILES string of the molecule is CCNCCNCC1CCOC1CC. The Morgan fingerprint density at radius 2 is 2.00 bits per heavy atom. The molecular weight excluding hydrogens is 176 g/mol. The minimum absolute atomic E-state index is 0.502. The van der Waals surface area contributed by atoms with Crippen molar-refractivity contribution in [1.82, 2.24) is 10.6 Å². The van der Waals surface area contributed by atoms with E-state index in [0.717, 1.165) is 45.1 Å². The molecule has 1 saturated heterocycles. The quantitative estimate of drug-likeness (QED) is 0.602. The first-order valence-corrected chi connectivity index (χ1v) is 5.91. The summed E-state index contributed by atoms with van der Waals surface area (Å²) >= 11 is 0. The van der Waals surface area contributed by atoms with Gasteiger partial charge in [-0.15, -0.1) is 0 Å². The number of likely N-dealkylation sites (N-methyl/N-ethyl adjacent to an activating group) is 1. The van der Waals surface area contributed by atoms with E-state index in [1.165, 1.54) is 6.42 Å². The van der Waals surface area contributed by atoms with E-state index >= 15 is 0 Å². The monoisotopic (exact) mass is 200 g/mol. The van der Waals surface area contributed by atoms with Gasteiger partial charge in [-0.3, -0.25) is 0 Å². The van der Waals surface area contributed by atoms with Gasteiger partial charge in [0.15, 0.2) is 0 Å². The molecule has 14 heavy (non-hydrogen) atoms. The van der Waals surface area contributed by atoms with Crippen LogP contribution in [0.1, 0.15) is 26.7 Å². The van der Waals surface area contributed by atoms with Gasteiger partial charge in [-0.1, -0.05) is 13.8 Å². The lowest BCUT2D eigenvalue weighted by Crippen LogP contribution is -2.33. The molecule has 0 aromatic rings. The maximum absolute atomic E-state index is 5.64. The zero-order valence-corrected chi connectivity index (χ0v) is 9.51. The zero-order valence-electron chi connectivity index (χ0n) is 9.51. The highest BCUT2D eigenvalue weighted by atomic mass is 16.5.